The number of nitrogen functional groups attached to an aromatic ring is 1. The van der Waals surface area contributed by atoms with Crippen LogP contribution in [-0.2, 0) is 34.4 Å². The Morgan fingerprint density at radius 3 is 1.94 bits per heavy atom. The summed E-state index contributed by atoms with van der Waals surface area (Å²) in [7, 11) is 0. The van der Waals surface area contributed by atoms with Crippen molar-refractivity contribution in [1.82, 2.24) is 20.6 Å². The van der Waals surface area contributed by atoms with E-state index in [2.05, 4.69) is 32.7 Å². The van der Waals surface area contributed by atoms with Crippen LogP contribution in [0.1, 0.15) is 69.2 Å². The number of pyridine rings is 1. The molecule has 5 atom stereocenters. The van der Waals surface area contributed by atoms with Crippen molar-refractivity contribution in [1.29, 1.82) is 10.5 Å². The zero-order chi connectivity index (χ0) is 47.5. The predicted molar refractivity (Wildman–Crippen MR) is 243 cm³/mol. The monoisotopic (exact) mass is 931 g/mol. The van der Waals surface area contributed by atoms with E-state index in [0.29, 0.717) is 73.8 Å². The second kappa shape index (κ2) is 25.9. The quantitative estimate of drug-likeness (QED) is 0.0284. The van der Waals surface area contributed by atoms with Gasteiger partial charge in [0, 0.05) is 21.9 Å². The molecule has 0 saturated carbocycles. The van der Waals surface area contributed by atoms with Gasteiger partial charge < -0.3 is 57.9 Å². The molecule has 0 saturated heterocycles. The molecule has 0 bridgehead atoms. The van der Waals surface area contributed by atoms with Gasteiger partial charge in [-0.3, -0.25) is 9.59 Å². The third kappa shape index (κ3) is 15.5. The average molecular weight is 933 g/mol. The number of nitriles is 2. The number of thioether (sulfide) groups is 1. The van der Waals surface area contributed by atoms with Gasteiger partial charge in [-0.2, -0.15) is 10.5 Å². The molecular weight excluding hydrogens is 878 g/mol. The number of esters is 2. The van der Waals surface area contributed by atoms with Crippen molar-refractivity contribution < 1.29 is 37.8 Å². The standard InChI is InChI=1S/C44H54ClN11O8S/c1-25(53-39(57)35(50)7-3-5-17-46)43(59)63-23-32(64-44(60)26(2)54-40(58)36(51)8-4-6-18-47)22-61-31-15-11-27(12-16-31)37-33(19-48)38(52)56-42(34(37)20-49)65-24-30-21-62-41(55-30)28-9-13-29(45)14-10-28/h9-16,21,25-26,32,35-36H,3-8,17-18,22-24,46-47,50-51H2,1-2H3,(H2,52,56)(H,53,57)(H,54,58)/t25-,26-,32+,35-,36-/m0/s1. The number of aromatic nitrogens is 2. The minimum Gasteiger partial charge on any atom is -0.490 e. The van der Waals surface area contributed by atoms with E-state index in [1.165, 1.54) is 31.9 Å². The number of unbranched alkanes of at least 4 members (excludes halogenated alkanes) is 2. The second-order valence-electron chi connectivity index (χ2n) is 14.9. The molecule has 2 aromatic heterocycles. The van der Waals surface area contributed by atoms with Crippen LogP contribution in [0.15, 0.2) is 64.2 Å². The summed E-state index contributed by atoms with van der Waals surface area (Å²) < 4.78 is 22.7. The Kier molecular flexibility index (Phi) is 20.5. The highest BCUT2D eigenvalue weighted by Crippen LogP contribution is 2.37. The molecule has 19 nitrogen and oxygen atoms in total. The van der Waals surface area contributed by atoms with E-state index in [9.17, 15) is 29.7 Å². The number of nitrogens with zero attached hydrogens (tertiary/aromatic N) is 4. The number of anilines is 1. The van der Waals surface area contributed by atoms with E-state index < -0.39 is 60.6 Å². The third-order valence-electron chi connectivity index (χ3n) is 9.73. The van der Waals surface area contributed by atoms with E-state index >= 15 is 0 Å². The van der Waals surface area contributed by atoms with E-state index in [1.54, 1.807) is 48.5 Å². The minimum atomic E-state index is -1.20. The van der Waals surface area contributed by atoms with Gasteiger partial charge in [0.2, 0.25) is 17.7 Å². The first-order valence-electron chi connectivity index (χ1n) is 20.8. The third-order valence-corrected chi connectivity index (χ3v) is 11.0. The number of hydrogen-bond donors (Lipinski definition) is 7. The topological polar surface area (TPSA) is 337 Å². The fourth-order valence-corrected chi connectivity index (χ4v) is 7.06. The van der Waals surface area contributed by atoms with Crippen molar-refractivity contribution >= 4 is 52.9 Å². The molecule has 2 aromatic carbocycles. The van der Waals surface area contributed by atoms with Crippen molar-refractivity contribution in [3.8, 4) is 40.5 Å². The molecule has 2 amide bonds. The van der Waals surface area contributed by atoms with Gasteiger partial charge in [0.25, 0.3) is 0 Å². The summed E-state index contributed by atoms with van der Waals surface area (Å²) in [4.78, 5) is 60.3. The van der Waals surface area contributed by atoms with Crippen LogP contribution < -0.4 is 44.0 Å². The average Bonchev–Trinajstić information content (AvgIpc) is 3.78. The van der Waals surface area contributed by atoms with Crippen LogP contribution in [0, 0.1) is 22.7 Å². The number of ether oxygens (including phenoxy) is 3. The Labute approximate surface area is 386 Å². The lowest BCUT2D eigenvalue weighted by Gasteiger charge is -2.23. The normalized spacial score (nSPS) is 13.2. The van der Waals surface area contributed by atoms with Crippen molar-refractivity contribution in [2.24, 2.45) is 22.9 Å². The number of benzene rings is 2. The number of amides is 2. The van der Waals surface area contributed by atoms with Gasteiger partial charge in [-0.15, -0.1) is 0 Å². The first kappa shape index (κ1) is 51.4. The van der Waals surface area contributed by atoms with Crippen LogP contribution in [0.25, 0.3) is 22.6 Å². The molecule has 0 fully saturated rings. The fourth-order valence-electron chi connectivity index (χ4n) is 6.06. The molecule has 0 radical (unpaired) electrons. The van der Waals surface area contributed by atoms with Crippen LogP contribution in [0.4, 0.5) is 5.82 Å². The van der Waals surface area contributed by atoms with Crippen molar-refractivity contribution in [2.45, 2.75) is 93.4 Å². The summed E-state index contributed by atoms with van der Waals surface area (Å²) in [6, 6.07) is 13.6. The fraction of sp³-hybridized carbons (Fsp3) is 0.409. The Morgan fingerprint density at radius 1 is 0.800 bits per heavy atom. The number of oxazole rings is 1. The number of hydrogen-bond acceptors (Lipinski definition) is 18. The molecule has 0 spiro atoms. The van der Waals surface area contributed by atoms with Crippen molar-refractivity contribution in [2.75, 3.05) is 32.0 Å². The van der Waals surface area contributed by atoms with Gasteiger partial charge in [-0.25, -0.2) is 19.6 Å². The van der Waals surface area contributed by atoms with E-state index in [1.807, 2.05) is 0 Å². The van der Waals surface area contributed by atoms with E-state index in [-0.39, 0.29) is 45.6 Å². The molecule has 0 aliphatic heterocycles. The molecule has 346 valence electrons. The van der Waals surface area contributed by atoms with E-state index in [4.69, 9.17) is 58.9 Å². The number of halogens is 1. The Balaban J connectivity index is 1.48. The summed E-state index contributed by atoms with van der Waals surface area (Å²) >= 11 is 7.19. The highest BCUT2D eigenvalue weighted by atomic mass is 35.5. The highest BCUT2D eigenvalue weighted by molar-refractivity contribution is 7.98. The first-order chi connectivity index (χ1) is 31.2. The molecule has 4 aromatic rings. The summed E-state index contributed by atoms with van der Waals surface area (Å²) in [6.07, 6.45) is 3.68. The Bertz CT molecular complexity index is 2320. The van der Waals surface area contributed by atoms with Gasteiger partial charge in [0.1, 0.15) is 65.9 Å². The molecule has 65 heavy (non-hydrogen) atoms. The minimum absolute atomic E-state index is 0.00320. The van der Waals surface area contributed by atoms with E-state index in [0.717, 1.165) is 5.56 Å². The Morgan fingerprint density at radius 2 is 1.37 bits per heavy atom. The largest absolute Gasteiger partial charge is 0.490 e. The molecule has 2 heterocycles. The molecule has 21 heteroatoms. The van der Waals surface area contributed by atoms with Crippen molar-refractivity contribution in [3.05, 3.63) is 76.6 Å². The van der Waals surface area contributed by atoms with Crippen LogP contribution in [0.3, 0.4) is 0 Å². The second-order valence-corrected chi connectivity index (χ2v) is 16.3. The zero-order valence-electron chi connectivity index (χ0n) is 36.1. The number of carbonyl (C=O) groups excluding carboxylic acids is 4. The molecule has 0 aliphatic carbocycles. The molecule has 4 rings (SSSR count). The lowest BCUT2D eigenvalue weighted by atomic mass is 9.97. The van der Waals surface area contributed by atoms with Gasteiger partial charge in [-0.1, -0.05) is 48.3 Å². The first-order valence-corrected chi connectivity index (χ1v) is 22.1. The van der Waals surface area contributed by atoms with Gasteiger partial charge in [-0.05, 0) is 94.6 Å². The maximum absolute atomic E-state index is 13.2. The SMILES string of the molecule is C[C@H](NC(=O)[C@@H](N)CCCCN)C(=O)OC[C@@H](COc1ccc(-c2c(C#N)c(N)nc(SCc3coc(-c4ccc(Cl)cc4)n3)c2C#N)cc1)OC(=O)[C@H](C)NC(=O)[C@@H](N)CCCCN. The lowest BCUT2D eigenvalue weighted by Crippen LogP contribution is -2.49. The van der Waals surface area contributed by atoms with Gasteiger partial charge in [0.05, 0.1) is 23.3 Å². The lowest BCUT2D eigenvalue weighted by molar-refractivity contribution is -0.163. The summed E-state index contributed by atoms with van der Waals surface area (Å²) in [5.41, 5.74) is 31.4. The summed E-state index contributed by atoms with van der Waals surface area (Å²) in [5.74, 6) is -1.95. The number of nitrogens with two attached hydrogens (primary N) is 5. The summed E-state index contributed by atoms with van der Waals surface area (Å²) in [5, 5.41) is 26.3. The molecule has 12 N–H and O–H groups in total. The van der Waals surface area contributed by atoms with Gasteiger partial charge >= 0.3 is 11.9 Å². The van der Waals surface area contributed by atoms with Crippen molar-refractivity contribution in [3.63, 3.8) is 0 Å². The van der Waals surface area contributed by atoms with Crippen LogP contribution in [0.5, 0.6) is 5.75 Å². The van der Waals surface area contributed by atoms with Gasteiger partial charge in [0.15, 0.2) is 6.10 Å². The molecule has 0 unspecified atom stereocenters. The molecule has 0 aliphatic rings. The highest BCUT2D eigenvalue weighted by Gasteiger charge is 2.28. The number of rotatable bonds is 25. The Hall–Kier alpha value is -6.26. The molecular formula is C44H54ClN11O8S. The van der Waals surface area contributed by atoms with Crippen LogP contribution in [0.2, 0.25) is 5.02 Å². The predicted octanol–water partition coefficient (Wildman–Crippen LogP) is 3.43. The maximum Gasteiger partial charge on any atom is 0.328 e. The van der Waals surface area contributed by atoms with Crippen LogP contribution in [-0.4, -0.2) is 90.3 Å². The smallest absolute Gasteiger partial charge is 0.328 e. The van der Waals surface area contributed by atoms with Crippen LogP contribution >= 0.6 is 23.4 Å². The summed E-state index contributed by atoms with van der Waals surface area (Å²) in [6.45, 7) is 2.92. The number of nitrogens with one attached hydrogen (secondary N) is 2. The number of carbonyl (C=O) groups is 4. The zero-order valence-corrected chi connectivity index (χ0v) is 37.7. The maximum atomic E-state index is 13.2.